The van der Waals surface area contributed by atoms with Crippen molar-refractivity contribution >= 4 is 28.3 Å². The average Bonchev–Trinajstić information content (AvgIpc) is 3.15. The van der Waals surface area contributed by atoms with Crippen molar-refractivity contribution in [3.63, 3.8) is 0 Å². The van der Waals surface area contributed by atoms with E-state index < -0.39 is 0 Å². The average molecular weight is 447 g/mol. The summed E-state index contributed by atoms with van der Waals surface area (Å²) in [6.07, 6.45) is 2.43. The van der Waals surface area contributed by atoms with Gasteiger partial charge in [0.1, 0.15) is 17.1 Å². The van der Waals surface area contributed by atoms with Gasteiger partial charge in [0.05, 0.1) is 6.61 Å². The number of benzene rings is 2. The third kappa shape index (κ3) is 5.32. The summed E-state index contributed by atoms with van der Waals surface area (Å²) in [5, 5.41) is 21.8. The molecule has 1 aliphatic rings. The molecule has 7 nitrogen and oxygen atoms in total. The number of β-amino-alcohol motifs (C(OH)–C–C–N with tert-alkyl or cyclic N) is 1. The van der Waals surface area contributed by atoms with Crippen LogP contribution in [0.2, 0.25) is 0 Å². The van der Waals surface area contributed by atoms with Crippen LogP contribution >= 0.6 is 0 Å². The standard InChI is InChI=1S/C26H30N4O3/c1-28-23(18-22(27)26(32)30-11-5-10-29(12-13-30)14-15-31)19-7-4-8-20(16-19)25-17-21-6-2-3-9-24(21)33-25/h2-4,6-9,16-18,27-28,31H,5,10-15H2,1H3/b23-18-,27-22?. The highest BCUT2D eigenvalue weighted by atomic mass is 16.3. The molecular formula is C26H30N4O3. The van der Waals surface area contributed by atoms with E-state index in [9.17, 15) is 4.79 Å². The largest absolute Gasteiger partial charge is 0.456 e. The second-order valence-electron chi connectivity index (χ2n) is 8.16. The SMILES string of the molecule is CN/C(=C\C(=N)C(=O)N1CCCN(CCO)CC1)c1cccc(-c2cc3ccccc3o2)c1. The van der Waals surface area contributed by atoms with Gasteiger partial charge in [0.2, 0.25) is 0 Å². The number of carbonyl (C=O) groups is 1. The normalized spacial score (nSPS) is 15.5. The fourth-order valence-corrected chi connectivity index (χ4v) is 4.18. The number of hydrogen-bond donors (Lipinski definition) is 3. The zero-order valence-electron chi connectivity index (χ0n) is 18.9. The summed E-state index contributed by atoms with van der Waals surface area (Å²) in [5.41, 5.74) is 3.29. The van der Waals surface area contributed by atoms with Gasteiger partial charge in [-0.25, -0.2) is 0 Å². The summed E-state index contributed by atoms with van der Waals surface area (Å²) in [6, 6.07) is 17.8. The zero-order chi connectivity index (χ0) is 23.2. The van der Waals surface area contributed by atoms with E-state index in [0.717, 1.165) is 40.8 Å². The number of furan rings is 1. The highest BCUT2D eigenvalue weighted by Gasteiger charge is 2.21. The van der Waals surface area contributed by atoms with Crippen molar-refractivity contribution in [2.24, 2.45) is 0 Å². The maximum atomic E-state index is 12.9. The van der Waals surface area contributed by atoms with E-state index in [-0.39, 0.29) is 18.2 Å². The number of aliphatic hydroxyl groups is 1. The van der Waals surface area contributed by atoms with Gasteiger partial charge in [0.15, 0.2) is 0 Å². The fraction of sp³-hybridized carbons (Fsp3) is 0.308. The number of nitrogens with one attached hydrogen (secondary N) is 2. The number of fused-ring (bicyclic) bond motifs is 1. The second-order valence-corrected chi connectivity index (χ2v) is 8.16. The highest BCUT2D eigenvalue weighted by molar-refractivity contribution is 6.43. The molecule has 0 unspecified atom stereocenters. The highest BCUT2D eigenvalue weighted by Crippen LogP contribution is 2.29. The lowest BCUT2D eigenvalue weighted by atomic mass is 10.0. The van der Waals surface area contributed by atoms with Gasteiger partial charge in [-0.2, -0.15) is 0 Å². The molecule has 2 aromatic carbocycles. The monoisotopic (exact) mass is 446 g/mol. The number of nitrogens with zero attached hydrogens (tertiary/aromatic N) is 2. The van der Waals surface area contributed by atoms with E-state index in [1.807, 2.05) is 54.6 Å². The molecule has 2 heterocycles. The van der Waals surface area contributed by atoms with E-state index >= 15 is 0 Å². The first-order valence-electron chi connectivity index (χ1n) is 11.3. The minimum Gasteiger partial charge on any atom is -0.456 e. The number of rotatable bonds is 7. The van der Waals surface area contributed by atoms with Crippen molar-refractivity contribution in [3.8, 4) is 11.3 Å². The van der Waals surface area contributed by atoms with E-state index in [0.29, 0.717) is 31.9 Å². The molecule has 1 fully saturated rings. The lowest BCUT2D eigenvalue weighted by molar-refractivity contribution is -0.123. The maximum absolute atomic E-state index is 12.9. The zero-order valence-corrected chi connectivity index (χ0v) is 18.9. The van der Waals surface area contributed by atoms with E-state index in [2.05, 4.69) is 10.2 Å². The van der Waals surface area contributed by atoms with Gasteiger partial charge >= 0.3 is 0 Å². The van der Waals surface area contributed by atoms with Gasteiger partial charge in [-0.05, 0) is 42.8 Å². The minimum absolute atomic E-state index is 0.0518. The van der Waals surface area contributed by atoms with Crippen LogP contribution in [0.15, 0.2) is 65.1 Å². The van der Waals surface area contributed by atoms with Crippen LogP contribution in [0.4, 0.5) is 0 Å². The van der Waals surface area contributed by atoms with Crippen molar-refractivity contribution in [1.29, 1.82) is 5.41 Å². The summed E-state index contributed by atoms with van der Waals surface area (Å²) in [4.78, 5) is 16.8. The van der Waals surface area contributed by atoms with Crippen LogP contribution in [0.1, 0.15) is 12.0 Å². The molecule has 0 saturated carbocycles. The molecule has 3 N–H and O–H groups in total. The summed E-state index contributed by atoms with van der Waals surface area (Å²) in [7, 11) is 1.79. The van der Waals surface area contributed by atoms with Crippen molar-refractivity contribution in [2.75, 3.05) is 46.4 Å². The lowest BCUT2D eigenvalue weighted by Crippen LogP contribution is -2.39. The molecule has 7 heteroatoms. The number of hydrogen-bond acceptors (Lipinski definition) is 6. The van der Waals surface area contributed by atoms with Crippen LogP contribution in [0.5, 0.6) is 0 Å². The van der Waals surface area contributed by atoms with Gasteiger partial charge in [0, 0.05) is 49.9 Å². The Morgan fingerprint density at radius 1 is 1.12 bits per heavy atom. The van der Waals surface area contributed by atoms with Crippen molar-refractivity contribution in [3.05, 3.63) is 66.2 Å². The second kappa shape index (κ2) is 10.5. The molecule has 0 atom stereocenters. The first kappa shape index (κ1) is 22.8. The van der Waals surface area contributed by atoms with Crippen molar-refractivity contribution < 1.29 is 14.3 Å². The molecule has 1 aliphatic heterocycles. The first-order valence-corrected chi connectivity index (χ1v) is 11.3. The van der Waals surface area contributed by atoms with Crippen LogP contribution in [0.25, 0.3) is 28.0 Å². The Morgan fingerprint density at radius 3 is 2.76 bits per heavy atom. The molecule has 1 amide bonds. The molecule has 1 aromatic heterocycles. The number of carbonyl (C=O) groups excluding carboxylic acids is 1. The molecule has 0 aliphatic carbocycles. The maximum Gasteiger partial charge on any atom is 0.271 e. The Bertz CT molecular complexity index is 1130. The Labute approximate surface area is 193 Å². The third-order valence-corrected chi connectivity index (χ3v) is 5.96. The Morgan fingerprint density at radius 2 is 1.97 bits per heavy atom. The van der Waals surface area contributed by atoms with Crippen LogP contribution < -0.4 is 5.32 Å². The molecular weight excluding hydrogens is 416 g/mol. The molecule has 172 valence electrons. The minimum atomic E-state index is -0.276. The Balaban J connectivity index is 1.51. The molecule has 0 bridgehead atoms. The molecule has 4 rings (SSSR count). The molecule has 0 spiro atoms. The van der Waals surface area contributed by atoms with E-state index in [4.69, 9.17) is 14.9 Å². The van der Waals surface area contributed by atoms with Gasteiger partial charge in [-0.15, -0.1) is 0 Å². The van der Waals surface area contributed by atoms with E-state index in [1.54, 1.807) is 18.0 Å². The van der Waals surface area contributed by atoms with Crippen molar-refractivity contribution in [1.82, 2.24) is 15.1 Å². The third-order valence-electron chi connectivity index (χ3n) is 5.96. The first-order chi connectivity index (χ1) is 16.1. The van der Waals surface area contributed by atoms with Gasteiger partial charge in [0.25, 0.3) is 5.91 Å². The summed E-state index contributed by atoms with van der Waals surface area (Å²) in [6.45, 7) is 3.47. The van der Waals surface area contributed by atoms with Crippen LogP contribution in [0, 0.1) is 5.41 Å². The number of amides is 1. The van der Waals surface area contributed by atoms with Crippen molar-refractivity contribution in [2.45, 2.75) is 6.42 Å². The summed E-state index contributed by atoms with van der Waals surface area (Å²) in [5.74, 6) is 0.499. The fourth-order valence-electron chi connectivity index (χ4n) is 4.18. The smallest absolute Gasteiger partial charge is 0.271 e. The molecule has 0 radical (unpaired) electrons. The Kier molecular flexibility index (Phi) is 7.22. The lowest BCUT2D eigenvalue weighted by Gasteiger charge is -2.21. The predicted molar refractivity (Wildman–Crippen MR) is 131 cm³/mol. The summed E-state index contributed by atoms with van der Waals surface area (Å²) < 4.78 is 6.00. The summed E-state index contributed by atoms with van der Waals surface area (Å²) >= 11 is 0. The van der Waals surface area contributed by atoms with Crippen LogP contribution in [-0.4, -0.2) is 72.9 Å². The number of para-hydroxylation sites is 1. The van der Waals surface area contributed by atoms with Crippen LogP contribution in [0.3, 0.4) is 0 Å². The molecule has 1 saturated heterocycles. The van der Waals surface area contributed by atoms with Gasteiger partial charge < -0.3 is 19.7 Å². The topological polar surface area (TPSA) is 92.8 Å². The predicted octanol–water partition coefficient (Wildman–Crippen LogP) is 3.21. The van der Waals surface area contributed by atoms with Crippen LogP contribution in [-0.2, 0) is 4.79 Å². The quantitative estimate of drug-likeness (QED) is 0.485. The number of aliphatic hydroxyl groups excluding tert-OH is 1. The van der Waals surface area contributed by atoms with Gasteiger partial charge in [-0.1, -0.05) is 36.4 Å². The molecule has 33 heavy (non-hydrogen) atoms. The van der Waals surface area contributed by atoms with E-state index in [1.165, 1.54) is 0 Å². The van der Waals surface area contributed by atoms with Gasteiger partial charge in [-0.3, -0.25) is 15.1 Å². The molecule has 3 aromatic rings. The Hall–Kier alpha value is -3.42.